The summed E-state index contributed by atoms with van der Waals surface area (Å²) in [6.45, 7) is 15.6. The van der Waals surface area contributed by atoms with Crippen molar-refractivity contribution in [3.63, 3.8) is 0 Å². The zero-order chi connectivity index (χ0) is 18.0. The van der Waals surface area contributed by atoms with Crippen molar-refractivity contribution in [2.45, 2.75) is 92.4 Å². The highest BCUT2D eigenvalue weighted by atomic mass is 14.5. The Morgan fingerprint density at radius 2 is 1.71 bits per heavy atom. The summed E-state index contributed by atoms with van der Waals surface area (Å²) in [5.41, 5.74) is 1.89. The molecule has 0 heterocycles. The van der Waals surface area contributed by atoms with Crippen molar-refractivity contribution in [1.82, 2.24) is 0 Å². The summed E-state index contributed by atoms with van der Waals surface area (Å²) in [5.74, 6) is 2.84. The Hall–Kier alpha value is -0.780. The molecule has 1 atom stereocenters. The molecule has 2 fully saturated rings. The summed E-state index contributed by atoms with van der Waals surface area (Å²) < 4.78 is 0. The zero-order valence-corrected chi connectivity index (χ0v) is 17.1. The van der Waals surface area contributed by atoms with Crippen molar-refractivity contribution in [3.8, 4) is 0 Å². The van der Waals surface area contributed by atoms with Crippen LogP contribution in [-0.2, 0) is 0 Å². The van der Waals surface area contributed by atoms with E-state index in [2.05, 4.69) is 52.5 Å². The molecule has 0 aliphatic heterocycles. The van der Waals surface area contributed by atoms with Gasteiger partial charge in [-0.25, -0.2) is 0 Å². The highest BCUT2D eigenvalue weighted by molar-refractivity contribution is 5.22. The first kappa shape index (κ1) is 21.3. The molecule has 0 N–H and O–H groups in total. The Morgan fingerprint density at radius 1 is 1.08 bits per heavy atom. The van der Waals surface area contributed by atoms with E-state index in [1.807, 2.05) is 13.0 Å². The maximum absolute atomic E-state index is 4.15. The first-order valence-corrected chi connectivity index (χ1v) is 10.4. The normalized spacial score (nSPS) is 21.8. The van der Waals surface area contributed by atoms with Crippen molar-refractivity contribution in [3.05, 3.63) is 36.5 Å². The second-order valence-electron chi connectivity index (χ2n) is 8.53. The van der Waals surface area contributed by atoms with Gasteiger partial charge in [0.15, 0.2) is 0 Å². The molecule has 0 aromatic carbocycles. The highest BCUT2D eigenvalue weighted by Gasteiger charge is 2.45. The van der Waals surface area contributed by atoms with Crippen LogP contribution in [-0.4, -0.2) is 0 Å². The lowest BCUT2D eigenvalue weighted by Gasteiger charge is -2.24. The maximum atomic E-state index is 4.15. The first-order valence-electron chi connectivity index (χ1n) is 10.4. The molecular formula is C24H42. The summed E-state index contributed by atoms with van der Waals surface area (Å²) in [5, 5.41) is 0. The van der Waals surface area contributed by atoms with Gasteiger partial charge in [-0.3, -0.25) is 0 Å². The number of hydrogen-bond acceptors (Lipinski definition) is 0. The Morgan fingerprint density at radius 3 is 2.12 bits per heavy atom. The smallest absolute Gasteiger partial charge is 0.0225 e. The highest BCUT2D eigenvalue weighted by Crippen LogP contribution is 2.57. The molecule has 24 heavy (non-hydrogen) atoms. The largest absolute Gasteiger partial charge is 0.0958 e. The predicted octanol–water partition coefficient (Wildman–Crippen LogP) is 8.11. The fraction of sp³-hybridized carbons (Fsp3) is 0.750. The second-order valence-corrected chi connectivity index (χ2v) is 8.53. The monoisotopic (exact) mass is 330 g/mol. The lowest BCUT2D eigenvalue weighted by molar-refractivity contribution is 0.279. The van der Waals surface area contributed by atoms with Crippen molar-refractivity contribution >= 4 is 0 Å². The molecule has 0 spiro atoms. The van der Waals surface area contributed by atoms with E-state index in [0.717, 1.165) is 17.8 Å². The molecule has 0 amide bonds. The van der Waals surface area contributed by atoms with Gasteiger partial charge in [0.2, 0.25) is 0 Å². The van der Waals surface area contributed by atoms with Gasteiger partial charge in [0.05, 0.1) is 0 Å². The Balaban J connectivity index is 0.000000272. The van der Waals surface area contributed by atoms with Crippen molar-refractivity contribution in [1.29, 1.82) is 0 Å². The van der Waals surface area contributed by atoms with E-state index in [1.165, 1.54) is 63.4 Å². The average molecular weight is 331 g/mol. The van der Waals surface area contributed by atoms with Crippen LogP contribution in [0.3, 0.4) is 0 Å². The van der Waals surface area contributed by atoms with Gasteiger partial charge in [-0.05, 0) is 49.4 Å². The van der Waals surface area contributed by atoms with E-state index in [9.17, 15) is 0 Å². The molecule has 138 valence electrons. The third-order valence-electron chi connectivity index (χ3n) is 6.36. The molecule has 2 rings (SSSR count). The van der Waals surface area contributed by atoms with Gasteiger partial charge in [-0.2, -0.15) is 0 Å². The Kier molecular flexibility index (Phi) is 9.71. The van der Waals surface area contributed by atoms with Crippen LogP contribution in [0, 0.1) is 23.2 Å². The standard InChI is InChI=1S/C15H24.C9H18/c1-5-7-8-9-13(3)12-15(10-11-15)14(4)6-2;1-8(2)9-6-4-3-5-7-9/h5,7-9,14H,3,6,10-12H2,1-2,4H3;8-9H,3-7H2,1-2H3/b7-5-,9-8-;. The van der Waals surface area contributed by atoms with Gasteiger partial charge >= 0.3 is 0 Å². The van der Waals surface area contributed by atoms with Crippen LogP contribution in [0.1, 0.15) is 92.4 Å². The van der Waals surface area contributed by atoms with Gasteiger partial charge in [0.1, 0.15) is 0 Å². The van der Waals surface area contributed by atoms with Crippen LogP contribution < -0.4 is 0 Å². The SMILES string of the molecule is C=C(/C=C\C=C/C)CC1(C(C)CC)CC1.CC(C)C1CCCCC1. The molecule has 0 bridgehead atoms. The van der Waals surface area contributed by atoms with Gasteiger partial charge in [-0.1, -0.05) is 103 Å². The minimum Gasteiger partial charge on any atom is -0.0958 e. The van der Waals surface area contributed by atoms with Crippen molar-refractivity contribution in [2.24, 2.45) is 23.2 Å². The molecule has 0 heteroatoms. The molecule has 2 aliphatic rings. The minimum atomic E-state index is 0.603. The molecule has 0 saturated heterocycles. The maximum Gasteiger partial charge on any atom is -0.0225 e. The molecule has 0 nitrogen and oxygen atoms in total. The lowest BCUT2D eigenvalue weighted by atomic mass is 9.82. The molecule has 2 saturated carbocycles. The van der Waals surface area contributed by atoms with Crippen LogP contribution >= 0.6 is 0 Å². The number of hydrogen-bond donors (Lipinski definition) is 0. The fourth-order valence-corrected chi connectivity index (χ4v) is 4.05. The van der Waals surface area contributed by atoms with Gasteiger partial charge < -0.3 is 0 Å². The Labute approximate surface area is 152 Å². The van der Waals surface area contributed by atoms with Crippen molar-refractivity contribution in [2.75, 3.05) is 0 Å². The van der Waals surface area contributed by atoms with Gasteiger partial charge in [0, 0.05) is 0 Å². The third-order valence-corrected chi connectivity index (χ3v) is 6.36. The molecular weight excluding hydrogens is 288 g/mol. The summed E-state index contributed by atoms with van der Waals surface area (Å²) in [6, 6.07) is 0. The van der Waals surface area contributed by atoms with E-state index < -0.39 is 0 Å². The molecule has 0 aromatic rings. The summed E-state index contributed by atoms with van der Waals surface area (Å²) >= 11 is 0. The lowest BCUT2D eigenvalue weighted by Crippen LogP contribution is -2.12. The van der Waals surface area contributed by atoms with E-state index in [4.69, 9.17) is 0 Å². The van der Waals surface area contributed by atoms with Crippen LogP contribution in [0.25, 0.3) is 0 Å². The van der Waals surface area contributed by atoms with Crippen LogP contribution in [0.15, 0.2) is 36.5 Å². The van der Waals surface area contributed by atoms with Crippen molar-refractivity contribution < 1.29 is 0 Å². The first-order chi connectivity index (χ1) is 11.4. The summed E-state index contributed by atoms with van der Waals surface area (Å²) in [7, 11) is 0. The summed E-state index contributed by atoms with van der Waals surface area (Å²) in [6.07, 6.45) is 21.1. The molecule has 0 radical (unpaired) electrons. The summed E-state index contributed by atoms with van der Waals surface area (Å²) in [4.78, 5) is 0. The van der Waals surface area contributed by atoms with Gasteiger partial charge in [0.25, 0.3) is 0 Å². The zero-order valence-electron chi connectivity index (χ0n) is 17.1. The van der Waals surface area contributed by atoms with E-state index in [1.54, 1.807) is 0 Å². The third kappa shape index (κ3) is 7.41. The molecule has 1 unspecified atom stereocenters. The molecule has 2 aliphatic carbocycles. The Bertz CT molecular complexity index is 400. The van der Waals surface area contributed by atoms with Crippen LogP contribution in [0.4, 0.5) is 0 Å². The number of rotatable bonds is 7. The second kappa shape index (κ2) is 11.0. The predicted molar refractivity (Wildman–Crippen MR) is 110 cm³/mol. The topological polar surface area (TPSA) is 0 Å². The van der Waals surface area contributed by atoms with Crippen LogP contribution in [0.2, 0.25) is 0 Å². The quantitative estimate of drug-likeness (QED) is 0.413. The van der Waals surface area contributed by atoms with E-state index in [0.29, 0.717) is 5.41 Å². The molecule has 0 aromatic heterocycles. The average Bonchev–Trinajstić information content (AvgIpc) is 3.36. The van der Waals surface area contributed by atoms with E-state index in [-0.39, 0.29) is 0 Å². The minimum absolute atomic E-state index is 0.603. The van der Waals surface area contributed by atoms with Gasteiger partial charge in [-0.15, -0.1) is 0 Å². The van der Waals surface area contributed by atoms with Crippen LogP contribution in [0.5, 0.6) is 0 Å². The number of allylic oxidation sites excluding steroid dienone is 5. The van der Waals surface area contributed by atoms with E-state index >= 15 is 0 Å². The fourth-order valence-electron chi connectivity index (χ4n) is 4.05.